The molecule has 2 aliphatic rings. The van der Waals surface area contributed by atoms with E-state index < -0.39 is 0 Å². The standard InChI is InChI=1S/C33H36O/c1-20(2)25-11-13-26(14-12-25)28-8-7-9-29-30(16-15-27-22(4)18-21(3)24(27)6)32(19-31(28)29)33-17-10-23(5)34-33/h7-14,17-20,27,30H,15-16H2,1-6H3. The Balaban J connectivity index is 1.53. The summed E-state index contributed by atoms with van der Waals surface area (Å²) >= 11 is 0. The molecule has 2 aromatic carbocycles. The molecule has 2 atom stereocenters. The zero-order chi connectivity index (χ0) is 24.0. The number of hydrogen-bond acceptors (Lipinski definition) is 1. The molecule has 0 N–H and O–H groups in total. The van der Waals surface area contributed by atoms with E-state index >= 15 is 0 Å². The SMILES string of the molecule is CC1=CC(C)=C(C)C1CCC1C(c2ccc(C)o2)=Cc2c(-c3ccc(C(C)C)cc3)cccc21. The van der Waals surface area contributed by atoms with E-state index in [9.17, 15) is 0 Å². The van der Waals surface area contributed by atoms with Gasteiger partial charge in [-0.3, -0.25) is 0 Å². The molecule has 1 heterocycles. The summed E-state index contributed by atoms with van der Waals surface area (Å²) in [6.45, 7) is 13.4. The Labute approximate surface area is 204 Å². The molecule has 0 saturated carbocycles. The molecule has 0 bridgehead atoms. The monoisotopic (exact) mass is 448 g/mol. The third-order valence-electron chi connectivity index (χ3n) is 7.99. The second-order valence-electron chi connectivity index (χ2n) is 10.5. The maximum Gasteiger partial charge on any atom is 0.130 e. The van der Waals surface area contributed by atoms with Crippen LogP contribution in [0.5, 0.6) is 0 Å². The van der Waals surface area contributed by atoms with Crippen LogP contribution in [0.3, 0.4) is 0 Å². The van der Waals surface area contributed by atoms with Gasteiger partial charge >= 0.3 is 0 Å². The molecular weight excluding hydrogens is 412 g/mol. The van der Waals surface area contributed by atoms with Gasteiger partial charge in [-0.15, -0.1) is 0 Å². The third-order valence-corrected chi connectivity index (χ3v) is 7.99. The van der Waals surface area contributed by atoms with E-state index in [4.69, 9.17) is 4.42 Å². The van der Waals surface area contributed by atoms with Crippen molar-refractivity contribution in [1.29, 1.82) is 0 Å². The number of aryl methyl sites for hydroxylation is 1. The lowest BCUT2D eigenvalue weighted by atomic mass is 9.83. The van der Waals surface area contributed by atoms with Gasteiger partial charge in [0.25, 0.3) is 0 Å². The van der Waals surface area contributed by atoms with E-state index in [-0.39, 0.29) is 0 Å². The van der Waals surface area contributed by atoms with Crippen LogP contribution in [0.4, 0.5) is 0 Å². The summed E-state index contributed by atoms with van der Waals surface area (Å²) in [5.41, 5.74) is 12.6. The first-order valence-corrected chi connectivity index (χ1v) is 12.7. The van der Waals surface area contributed by atoms with Gasteiger partial charge in [0.2, 0.25) is 0 Å². The minimum atomic E-state index is 0.358. The summed E-state index contributed by atoms with van der Waals surface area (Å²) in [5.74, 6) is 3.45. The molecular formula is C33H36O. The highest BCUT2D eigenvalue weighted by Crippen LogP contribution is 2.49. The summed E-state index contributed by atoms with van der Waals surface area (Å²) in [5, 5.41) is 0. The second-order valence-corrected chi connectivity index (χ2v) is 10.5. The van der Waals surface area contributed by atoms with Crippen molar-refractivity contribution < 1.29 is 4.42 Å². The molecule has 174 valence electrons. The Morgan fingerprint density at radius 1 is 0.794 bits per heavy atom. The molecule has 0 radical (unpaired) electrons. The van der Waals surface area contributed by atoms with E-state index in [2.05, 4.69) is 101 Å². The Morgan fingerprint density at radius 2 is 1.53 bits per heavy atom. The lowest BCUT2D eigenvalue weighted by Gasteiger charge is -2.21. The fourth-order valence-corrected chi connectivity index (χ4v) is 5.86. The highest BCUT2D eigenvalue weighted by molar-refractivity contribution is 5.95. The average Bonchev–Trinajstić information content (AvgIpc) is 3.48. The van der Waals surface area contributed by atoms with Crippen molar-refractivity contribution in [3.63, 3.8) is 0 Å². The minimum Gasteiger partial charge on any atom is -0.462 e. The quantitative estimate of drug-likeness (QED) is 0.366. The van der Waals surface area contributed by atoms with Gasteiger partial charge in [-0.2, -0.15) is 0 Å². The van der Waals surface area contributed by atoms with Crippen LogP contribution in [-0.4, -0.2) is 0 Å². The van der Waals surface area contributed by atoms with Gasteiger partial charge in [-0.25, -0.2) is 0 Å². The van der Waals surface area contributed by atoms with Crippen LogP contribution >= 0.6 is 0 Å². The van der Waals surface area contributed by atoms with Crippen molar-refractivity contribution in [1.82, 2.24) is 0 Å². The maximum atomic E-state index is 6.16. The molecule has 1 heteroatoms. The molecule has 0 spiro atoms. The number of rotatable bonds is 6. The summed E-state index contributed by atoms with van der Waals surface area (Å²) < 4.78 is 6.16. The first-order valence-electron chi connectivity index (χ1n) is 12.7. The van der Waals surface area contributed by atoms with Gasteiger partial charge in [0, 0.05) is 17.4 Å². The second kappa shape index (κ2) is 8.95. The maximum absolute atomic E-state index is 6.16. The van der Waals surface area contributed by atoms with E-state index in [1.165, 1.54) is 56.5 Å². The van der Waals surface area contributed by atoms with E-state index in [0.717, 1.165) is 17.9 Å². The van der Waals surface area contributed by atoms with E-state index in [0.29, 0.717) is 17.8 Å². The van der Waals surface area contributed by atoms with Crippen LogP contribution in [0.15, 0.2) is 81.8 Å². The van der Waals surface area contributed by atoms with Crippen molar-refractivity contribution >= 4 is 11.6 Å². The van der Waals surface area contributed by atoms with Gasteiger partial charge in [0.05, 0.1) is 0 Å². The van der Waals surface area contributed by atoms with Gasteiger partial charge in [-0.1, -0.05) is 79.1 Å². The molecule has 5 rings (SSSR count). The molecule has 0 aliphatic heterocycles. The number of benzene rings is 2. The Hall–Kier alpha value is -3.06. The summed E-state index contributed by atoms with van der Waals surface area (Å²) in [6.07, 6.45) is 7.05. The zero-order valence-corrected chi connectivity index (χ0v) is 21.4. The fourth-order valence-electron chi connectivity index (χ4n) is 5.86. The summed E-state index contributed by atoms with van der Waals surface area (Å²) in [6, 6.07) is 20.2. The predicted molar refractivity (Wildman–Crippen MR) is 145 cm³/mol. The van der Waals surface area contributed by atoms with Gasteiger partial charge in [0.15, 0.2) is 0 Å². The molecule has 1 aromatic heterocycles. The number of hydrogen-bond donors (Lipinski definition) is 0. The topological polar surface area (TPSA) is 13.1 Å². The lowest BCUT2D eigenvalue weighted by Crippen LogP contribution is -2.06. The number of allylic oxidation sites excluding steroid dienone is 5. The van der Waals surface area contributed by atoms with Gasteiger partial charge in [-0.05, 0) is 92.5 Å². The molecule has 3 aromatic rings. The van der Waals surface area contributed by atoms with Crippen molar-refractivity contribution in [2.45, 2.75) is 66.2 Å². The third kappa shape index (κ3) is 4.02. The van der Waals surface area contributed by atoms with Crippen molar-refractivity contribution in [2.75, 3.05) is 0 Å². The van der Waals surface area contributed by atoms with Crippen LogP contribution in [0.25, 0.3) is 22.8 Å². The molecule has 2 unspecified atom stereocenters. The Kier molecular flexibility index (Phi) is 5.98. The summed E-state index contributed by atoms with van der Waals surface area (Å²) in [4.78, 5) is 0. The minimum absolute atomic E-state index is 0.358. The Morgan fingerprint density at radius 3 is 2.15 bits per heavy atom. The lowest BCUT2D eigenvalue weighted by molar-refractivity contribution is 0.512. The summed E-state index contributed by atoms with van der Waals surface area (Å²) in [7, 11) is 0. The number of furan rings is 1. The van der Waals surface area contributed by atoms with Crippen molar-refractivity contribution in [2.24, 2.45) is 5.92 Å². The first-order chi connectivity index (χ1) is 16.3. The van der Waals surface area contributed by atoms with Crippen molar-refractivity contribution in [3.8, 4) is 11.1 Å². The van der Waals surface area contributed by atoms with Crippen LogP contribution in [-0.2, 0) is 0 Å². The predicted octanol–water partition coefficient (Wildman–Crippen LogP) is 9.71. The molecule has 2 aliphatic carbocycles. The van der Waals surface area contributed by atoms with Crippen LogP contribution < -0.4 is 0 Å². The highest BCUT2D eigenvalue weighted by Gasteiger charge is 2.31. The van der Waals surface area contributed by atoms with Crippen molar-refractivity contribution in [3.05, 3.63) is 106 Å². The number of fused-ring (bicyclic) bond motifs is 1. The van der Waals surface area contributed by atoms with Gasteiger partial charge < -0.3 is 4.42 Å². The highest BCUT2D eigenvalue weighted by atomic mass is 16.3. The molecule has 0 fully saturated rings. The molecule has 34 heavy (non-hydrogen) atoms. The largest absolute Gasteiger partial charge is 0.462 e. The van der Waals surface area contributed by atoms with Crippen LogP contribution in [0, 0.1) is 12.8 Å². The van der Waals surface area contributed by atoms with E-state index in [1.807, 2.05) is 6.92 Å². The van der Waals surface area contributed by atoms with E-state index in [1.54, 1.807) is 0 Å². The Bertz CT molecular complexity index is 1310. The fraction of sp³-hybridized carbons (Fsp3) is 0.333. The first kappa shape index (κ1) is 22.7. The van der Waals surface area contributed by atoms with Crippen LogP contribution in [0.1, 0.15) is 87.5 Å². The normalized spacial score (nSPS) is 19.6. The zero-order valence-electron chi connectivity index (χ0n) is 21.4. The molecule has 0 saturated heterocycles. The van der Waals surface area contributed by atoms with Crippen LogP contribution in [0.2, 0.25) is 0 Å². The average molecular weight is 449 g/mol. The molecule has 1 nitrogen and oxygen atoms in total. The smallest absolute Gasteiger partial charge is 0.130 e. The van der Waals surface area contributed by atoms with Gasteiger partial charge in [0.1, 0.15) is 11.5 Å². The molecule has 0 amide bonds.